The van der Waals surface area contributed by atoms with Crippen LogP contribution in [-0.4, -0.2) is 49.9 Å². The molecule has 134 valence electrons. The lowest BCUT2D eigenvalue weighted by atomic mass is 9.99. The molecule has 1 aromatic heterocycles. The number of H-pyrrole nitrogens is 1. The summed E-state index contributed by atoms with van der Waals surface area (Å²) in [6.07, 6.45) is 7.65. The quantitative estimate of drug-likeness (QED) is 0.709. The first-order chi connectivity index (χ1) is 11.5. The molecule has 2 fully saturated rings. The Morgan fingerprint density at radius 3 is 2.58 bits per heavy atom. The molecule has 7 nitrogen and oxygen atoms in total. The van der Waals surface area contributed by atoms with Crippen molar-refractivity contribution in [2.24, 2.45) is 11.7 Å². The first kappa shape index (κ1) is 17.4. The third-order valence-electron chi connectivity index (χ3n) is 5.12. The van der Waals surface area contributed by atoms with Gasteiger partial charge in [0.15, 0.2) is 0 Å². The number of sulfonamides is 1. The lowest BCUT2D eigenvalue weighted by Crippen LogP contribution is -2.44. The number of nitrogens with two attached hydrogens (primary N) is 1. The highest BCUT2D eigenvalue weighted by atomic mass is 32.2. The molecule has 24 heavy (non-hydrogen) atoms. The van der Waals surface area contributed by atoms with Gasteiger partial charge in [0.05, 0.1) is 0 Å². The van der Waals surface area contributed by atoms with Crippen molar-refractivity contribution in [2.75, 3.05) is 19.6 Å². The van der Waals surface area contributed by atoms with Gasteiger partial charge in [0.1, 0.15) is 10.6 Å². The van der Waals surface area contributed by atoms with E-state index in [1.807, 2.05) is 0 Å². The van der Waals surface area contributed by atoms with Crippen LogP contribution in [-0.2, 0) is 10.0 Å². The SMILES string of the molecule is NCC(NS(=O)(=O)c1c[nH]c(C(=O)N2CCCC2)c1)C1CCCC1. The lowest BCUT2D eigenvalue weighted by molar-refractivity contribution is 0.0787. The molecule has 1 aromatic rings. The van der Waals surface area contributed by atoms with Gasteiger partial charge in [-0.25, -0.2) is 13.1 Å². The van der Waals surface area contributed by atoms with Crippen molar-refractivity contribution in [2.45, 2.75) is 49.5 Å². The van der Waals surface area contributed by atoms with Crippen LogP contribution in [0, 0.1) is 5.92 Å². The van der Waals surface area contributed by atoms with Crippen LogP contribution in [0.15, 0.2) is 17.2 Å². The van der Waals surface area contributed by atoms with E-state index in [-0.39, 0.29) is 23.4 Å². The standard InChI is InChI=1S/C16H26N4O3S/c17-10-15(12-5-1-2-6-12)19-24(22,23)13-9-14(18-11-13)16(21)20-7-3-4-8-20/h9,11-12,15,18-19H,1-8,10,17H2. The molecular weight excluding hydrogens is 328 g/mol. The molecule has 1 saturated heterocycles. The number of hydrogen-bond donors (Lipinski definition) is 3. The maximum atomic E-state index is 12.6. The molecule has 0 aromatic carbocycles. The largest absolute Gasteiger partial charge is 0.356 e. The number of rotatable bonds is 6. The smallest absolute Gasteiger partial charge is 0.270 e. The fourth-order valence-corrected chi connectivity index (χ4v) is 5.02. The molecule has 0 bridgehead atoms. The Balaban J connectivity index is 1.71. The summed E-state index contributed by atoms with van der Waals surface area (Å²) in [5.74, 6) is 0.162. The Bertz CT molecular complexity index is 673. The molecule has 8 heteroatoms. The highest BCUT2D eigenvalue weighted by molar-refractivity contribution is 7.89. The molecule has 0 radical (unpaired) electrons. The van der Waals surface area contributed by atoms with E-state index in [4.69, 9.17) is 5.73 Å². The highest BCUT2D eigenvalue weighted by Crippen LogP contribution is 2.28. The summed E-state index contributed by atoms with van der Waals surface area (Å²) < 4.78 is 27.9. The normalized spacial score (nSPS) is 20.6. The van der Waals surface area contributed by atoms with Gasteiger partial charge in [-0.3, -0.25) is 4.79 Å². The van der Waals surface area contributed by atoms with Crippen LogP contribution in [0.2, 0.25) is 0 Å². The van der Waals surface area contributed by atoms with Gasteiger partial charge < -0.3 is 15.6 Å². The molecule has 1 aliphatic heterocycles. The summed E-state index contributed by atoms with van der Waals surface area (Å²) >= 11 is 0. The Morgan fingerprint density at radius 1 is 1.29 bits per heavy atom. The first-order valence-electron chi connectivity index (χ1n) is 8.71. The molecule has 1 amide bonds. The third kappa shape index (κ3) is 3.65. The van der Waals surface area contributed by atoms with Crippen LogP contribution in [0.3, 0.4) is 0 Å². The van der Waals surface area contributed by atoms with Gasteiger partial charge >= 0.3 is 0 Å². The summed E-state index contributed by atoms with van der Waals surface area (Å²) in [4.78, 5) is 17.0. The van der Waals surface area contributed by atoms with E-state index in [1.165, 1.54) is 12.3 Å². The van der Waals surface area contributed by atoms with E-state index in [1.54, 1.807) is 4.90 Å². The second kappa shape index (κ2) is 7.25. The van der Waals surface area contributed by atoms with Crippen LogP contribution < -0.4 is 10.5 Å². The van der Waals surface area contributed by atoms with Crippen molar-refractivity contribution in [1.29, 1.82) is 0 Å². The molecule has 0 spiro atoms. The fourth-order valence-electron chi connectivity index (χ4n) is 3.71. The van der Waals surface area contributed by atoms with Gasteiger partial charge in [0.25, 0.3) is 5.91 Å². The van der Waals surface area contributed by atoms with Crippen LogP contribution in [0.5, 0.6) is 0 Å². The van der Waals surface area contributed by atoms with Crippen molar-refractivity contribution in [1.82, 2.24) is 14.6 Å². The molecule has 2 heterocycles. The van der Waals surface area contributed by atoms with E-state index >= 15 is 0 Å². The van der Waals surface area contributed by atoms with Gasteiger partial charge in [-0.2, -0.15) is 0 Å². The zero-order chi connectivity index (χ0) is 17.2. The van der Waals surface area contributed by atoms with Gasteiger partial charge in [0.2, 0.25) is 10.0 Å². The average molecular weight is 354 g/mol. The van der Waals surface area contributed by atoms with E-state index < -0.39 is 10.0 Å². The molecule has 1 atom stereocenters. The Morgan fingerprint density at radius 2 is 1.96 bits per heavy atom. The summed E-state index contributed by atoms with van der Waals surface area (Å²) in [7, 11) is -3.68. The summed E-state index contributed by atoms with van der Waals surface area (Å²) in [6, 6.07) is 1.18. The minimum Gasteiger partial charge on any atom is -0.356 e. The monoisotopic (exact) mass is 354 g/mol. The number of hydrogen-bond acceptors (Lipinski definition) is 4. The van der Waals surface area contributed by atoms with Crippen molar-refractivity contribution in [3.63, 3.8) is 0 Å². The maximum absolute atomic E-state index is 12.6. The third-order valence-corrected chi connectivity index (χ3v) is 6.59. The maximum Gasteiger partial charge on any atom is 0.270 e. The fraction of sp³-hybridized carbons (Fsp3) is 0.688. The molecule has 4 N–H and O–H groups in total. The molecule has 2 aliphatic rings. The predicted molar refractivity (Wildman–Crippen MR) is 91.1 cm³/mol. The van der Waals surface area contributed by atoms with Crippen molar-refractivity contribution in [3.05, 3.63) is 18.0 Å². The highest BCUT2D eigenvalue weighted by Gasteiger charge is 2.29. The summed E-state index contributed by atoms with van der Waals surface area (Å²) in [5, 5.41) is 0. The number of aromatic amines is 1. The van der Waals surface area contributed by atoms with Crippen LogP contribution in [0.4, 0.5) is 0 Å². The number of carbonyl (C=O) groups is 1. The number of likely N-dealkylation sites (tertiary alicyclic amines) is 1. The second-order valence-electron chi connectivity index (χ2n) is 6.76. The first-order valence-corrected chi connectivity index (χ1v) is 10.2. The van der Waals surface area contributed by atoms with E-state index in [2.05, 4.69) is 9.71 Å². The van der Waals surface area contributed by atoms with Crippen LogP contribution >= 0.6 is 0 Å². The molecule has 1 aliphatic carbocycles. The predicted octanol–water partition coefficient (Wildman–Crippen LogP) is 1.05. The number of nitrogens with one attached hydrogen (secondary N) is 2. The summed E-state index contributed by atoms with van der Waals surface area (Å²) in [5.41, 5.74) is 6.10. The van der Waals surface area contributed by atoms with Crippen LogP contribution in [0.25, 0.3) is 0 Å². The molecule has 3 rings (SSSR count). The zero-order valence-electron chi connectivity index (χ0n) is 13.8. The average Bonchev–Trinajstić information content (AvgIpc) is 3.34. The number of carbonyl (C=O) groups excluding carboxylic acids is 1. The number of nitrogens with zero attached hydrogens (tertiary/aromatic N) is 1. The van der Waals surface area contributed by atoms with Gasteiger partial charge in [-0.05, 0) is 37.7 Å². The van der Waals surface area contributed by atoms with Gasteiger partial charge in [-0.1, -0.05) is 12.8 Å². The van der Waals surface area contributed by atoms with Gasteiger partial charge in [0, 0.05) is 31.9 Å². The minimum atomic E-state index is -3.68. The van der Waals surface area contributed by atoms with Crippen molar-refractivity contribution < 1.29 is 13.2 Å². The van der Waals surface area contributed by atoms with E-state index in [9.17, 15) is 13.2 Å². The molecule has 1 unspecified atom stereocenters. The topological polar surface area (TPSA) is 108 Å². The minimum absolute atomic E-state index is 0.0986. The number of amides is 1. The van der Waals surface area contributed by atoms with E-state index in [0.29, 0.717) is 11.6 Å². The van der Waals surface area contributed by atoms with E-state index in [0.717, 1.165) is 51.6 Å². The number of aromatic nitrogens is 1. The Labute approximate surface area is 143 Å². The second-order valence-corrected chi connectivity index (χ2v) is 8.47. The van der Waals surface area contributed by atoms with Crippen molar-refractivity contribution in [3.8, 4) is 0 Å². The zero-order valence-corrected chi connectivity index (χ0v) is 14.6. The van der Waals surface area contributed by atoms with Crippen molar-refractivity contribution >= 4 is 15.9 Å². The van der Waals surface area contributed by atoms with Gasteiger partial charge in [-0.15, -0.1) is 0 Å². The summed E-state index contributed by atoms with van der Waals surface area (Å²) in [6.45, 7) is 1.75. The van der Waals surface area contributed by atoms with Crippen LogP contribution in [0.1, 0.15) is 49.0 Å². The Hall–Kier alpha value is -1.38. The Kier molecular flexibility index (Phi) is 5.27. The molecule has 1 saturated carbocycles. The molecular formula is C16H26N4O3S. The lowest BCUT2D eigenvalue weighted by Gasteiger charge is -2.22.